The van der Waals surface area contributed by atoms with E-state index in [0.717, 1.165) is 36.0 Å². The number of carbonyl (C=O) groups is 1. The number of rotatable bonds is 4. The van der Waals surface area contributed by atoms with E-state index in [1.807, 2.05) is 0 Å². The van der Waals surface area contributed by atoms with Gasteiger partial charge in [-0.05, 0) is 55.1 Å². The third kappa shape index (κ3) is 3.57. The van der Waals surface area contributed by atoms with E-state index >= 15 is 0 Å². The van der Waals surface area contributed by atoms with Crippen molar-refractivity contribution in [2.75, 3.05) is 18.9 Å². The van der Waals surface area contributed by atoms with Gasteiger partial charge in [-0.1, -0.05) is 0 Å². The summed E-state index contributed by atoms with van der Waals surface area (Å²) in [5, 5.41) is 3.72. The van der Waals surface area contributed by atoms with E-state index in [-0.39, 0.29) is 17.5 Å². The zero-order valence-electron chi connectivity index (χ0n) is 15.1. The van der Waals surface area contributed by atoms with E-state index in [9.17, 15) is 13.6 Å². The molecule has 0 aliphatic carbocycles. The van der Waals surface area contributed by atoms with E-state index in [2.05, 4.69) is 21.8 Å². The summed E-state index contributed by atoms with van der Waals surface area (Å²) < 4.78 is 28.9. The Bertz CT molecular complexity index is 995. The first-order valence-electron chi connectivity index (χ1n) is 9.05. The van der Waals surface area contributed by atoms with E-state index < -0.39 is 0 Å². The summed E-state index contributed by atoms with van der Waals surface area (Å²) in [5.74, 6) is -0.715. The van der Waals surface area contributed by atoms with Crippen molar-refractivity contribution in [3.05, 3.63) is 65.4 Å². The lowest BCUT2D eigenvalue weighted by molar-refractivity contribution is -0.116. The van der Waals surface area contributed by atoms with Crippen molar-refractivity contribution in [1.29, 1.82) is 0 Å². The Balaban J connectivity index is 1.56. The Hall–Kier alpha value is -2.73. The molecule has 2 heterocycles. The predicted molar refractivity (Wildman–Crippen MR) is 102 cm³/mol. The lowest BCUT2D eigenvalue weighted by Crippen LogP contribution is -2.27. The molecule has 0 saturated heterocycles. The summed E-state index contributed by atoms with van der Waals surface area (Å²) in [7, 11) is 2.06. The number of hydrogen-bond donors (Lipinski definition) is 1. The Morgan fingerprint density at radius 1 is 1.11 bits per heavy atom. The van der Waals surface area contributed by atoms with Crippen LogP contribution in [0, 0.1) is 11.6 Å². The van der Waals surface area contributed by atoms with Crippen molar-refractivity contribution in [1.82, 2.24) is 9.47 Å². The van der Waals surface area contributed by atoms with Gasteiger partial charge in [0, 0.05) is 54.8 Å². The van der Waals surface area contributed by atoms with Crippen LogP contribution in [0.2, 0.25) is 0 Å². The van der Waals surface area contributed by atoms with Crippen molar-refractivity contribution in [3.8, 4) is 0 Å². The molecule has 140 valence electrons. The molecule has 1 aliphatic heterocycles. The van der Waals surface area contributed by atoms with Gasteiger partial charge in [0.15, 0.2) is 0 Å². The summed E-state index contributed by atoms with van der Waals surface area (Å²) in [6.07, 6.45) is 1.17. The molecule has 0 saturated carbocycles. The third-order valence-corrected chi connectivity index (χ3v) is 5.10. The van der Waals surface area contributed by atoms with Crippen molar-refractivity contribution >= 4 is 22.5 Å². The Morgan fingerprint density at radius 3 is 2.63 bits per heavy atom. The standard InChI is InChI=1S/C21H21F2N3O/c1-25-10-8-20-18(13-25)17-12-15(23)4-7-19(17)26(20)11-9-21(27)24-16-5-2-14(22)3-6-16/h2-7,12H,8-11,13H2,1H3,(H,24,27). The van der Waals surface area contributed by atoms with Crippen LogP contribution in [0.3, 0.4) is 0 Å². The molecule has 1 amide bonds. The molecule has 4 nitrogen and oxygen atoms in total. The first-order chi connectivity index (χ1) is 13.0. The van der Waals surface area contributed by atoms with Crippen LogP contribution in [-0.4, -0.2) is 29.0 Å². The smallest absolute Gasteiger partial charge is 0.226 e. The first kappa shape index (κ1) is 17.7. The maximum absolute atomic E-state index is 13.8. The van der Waals surface area contributed by atoms with E-state index in [4.69, 9.17) is 0 Å². The second-order valence-electron chi connectivity index (χ2n) is 7.03. The van der Waals surface area contributed by atoms with Gasteiger partial charge in [0.2, 0.25) is 5.91 Å². The van der Waals surface area contributed by atoms with Gasteiger partial charge >= 0.3 is 0 Å². The number of aromatic nitrogens is 1. The summed E-state index contributed by atoms with van der Waals surface area (Å²) in [4.78, 5) is 14.5. The number of benzene rings is 2. The van der Waals surface area contributed by atoms with Crippen molar-refractivity contribution in [2.45, 2.75) is 25.9 Å². The topological polar surface area (TPSA) is 37.3 Å². The van der Waals surface area contributed by atoms with Crippen molar-refractivity contribution in [3.63, 3.8) is 0 Å². The fourth-order valence-electron chi connectivity index (χ4n) is 3.78. The predicted octanol–water partition coefficient (Wildman–Crippen LogP) is 3.94. The molecule has 0 unspecified atom stereocenters. The van der Waals surface area contributed by atoms with Crippen LogP contribution in [0.5, 0.6) is 0 Å². The van der Waals surface area contributed by atoms with Gasteiger partial charge < -0.3 is 14.8 Å². The number of nitrogens with one attached hydrogen (secondary N) is 1. The average Bonchev–Trinajstić information content (AvgIpc) is 2.94. The van der Waals surface area contributed by atoms with Crippen LogP contribution in [0.1, 0.15) is 17.7 Å². The third-order valence-electron chi connectivity index (χ3n) is 5.10. The molecule has 0 spiro atoms. The molecule has 27 heavy (non-hydrogen) atoms. The highest BCUT2D eigenvalue weighted by Gasteiger charge is 2.22. The molecule has 0 radical (unpaired) electrons. The Kier molecular flexibility index (Phi) is 4.66. The fourth-order valence-corrected chi connectivity index (χ4v) is 3.78. The number of halogens is 2. The second kappa shape index (κ2) is 7.12. The fraction of sp³-hybridized carbons (Fsp3) is 0.286. The number of anilines is 1. The number of hydrogen-bond acceptors (Lipinski definition) is 2. The second-order valence-corrected chi connectivity index (χ2v) is 7.03. The first-order valence-corrected chi connectivity index (χ1v) is 9.05. The molecule has 0 fully saturated rings. The Labute approximate surface area is 156 Å². The summed E-state index contributed by atoms with van der Waals surface area (Å²) in [6, 6.07) is 10.6. The summed E-state index contributed by atoms with van der Waals surface area (Å²) in [5.41, 5.74) is 3.87. The number of nitrogens with zero attached hydrogens (tertiary/aromatic N) is 2. The lowest BCUT2D eigenvalue weighted by Gasteiger charge is -2.24. The minimum Gasteiger partial charge on any atom is -0.344 e. The molecule has 0 bridgehead atoms. The quantitative estimate of drug-likeness (QED) is 0.756. The zero-order valence-corrected chi connectivity index (χ0v) is 15.1. The van der Waals surface area contributed by atoms with Gasteiger partial charge in [-0.25, -0.2) is 8.78 Å². The molecule has 6 heteroatoms. The van der Waals surface area contributed by atoms with Crippen molar-refractivity contribution in [2.24, 2.45) is 0 Å². The molecule has 1 aliphatic rings. The summed E-state index contributed by atoms with van der Waals surface area (Å²) >= 11 is 0. The van der Waals surface area contributed by atoms with Gasteiger partial charge in [-0.2, -0.15) is 0 Å². The Morgan fingerprint density at radius 2 is 1.85 bits per heavy atom. The summed E-state index contributed by atoms with van der Waals surface area (Å²) in [6.45, 7) is 2.24. The highest BCUT2D eigenvalue weighted by molar-refractivity contribution is 5.91. The molecule has 1 aromatic heterocycles. The maximum atomic E-state index is 13.8. The number of amides is 1. The molecule has 3 aromatic rings. The molecule has 1 N–H and O–H groups in total. The van der Waals surface area contributed by atoms with Crippen LogP contribution in [0.25, 0.3) is 10.9 Å². The maximum Gasteiger partial charge on any atom is 0.226 e. The average molecular weight is 369 g/mol. The van der Waals surface area contributed by atoms with Crippen LogP contribution < -0.4 is 5.32 Å². The molecular formula is C21H21F2N3O. The number of likely N-dealkylation sites (N-methyl/N-ethyl adjacent to an activating group) is 1. The van der Waals surface area contributed by atoms with Crippen LogP contribution in [0.15, 0.2) is 42.5 Å². The largest absolute Gasteiger partial charge is 0.344 e. The van der Waals surface area contributed by atoms with Gasteiger partial charge in [-0.15, -0.1) is 0 Å². The molecule has 0 atom stereocenters. The van der Waals surface area contributed by atoms with Gasteiger partial charge in [0.05, 0.1) is 0 Å². The van der Waals surface area contributed by atoms with E-state index in [1.165, 1.54) is 23.9 Å². The number of aryl methyl sites for hydroxylation is 1. The normalized spacial score (nSPS) is 14.3. The number of fused-ring (bicyclic) bond motifs is 3. The molecule has 2 aromatic carbocycles. The van der Waals surface area contributed by atoms with Gasteiger partial charge in [0.1, 0.15) is 11.6 Å². The van der Waals surface area contributed by atoms with Crippen LogP contribution >= 0.6 is 0 Å². The SMILES string of the molecule is CN1CCc2c(c3cc(F)ccc3n2CCC(=O)Nc2ccc(F)cc2)C1. The molecular weight excluding hydrogens is 348 g/mol. The van der Waals surface area contributed by atoms with Gasteiger partial charge in [-0.3, -0.25) is 4.79 Å². The number of carbonyl (C=O) groups excluding carboxylic acids is 1. The zero-order chi connectivity index (χ0) is 19.0. The monoisotopic (exact) mass is 369 g/mol. The van der Waals surface area contributed by atoms with Crippen LogP contribution in [0.4, 0.5) is 14.5 Å². The minimum atomic E-state index is -0.337. The van der Waals surface area contributed by atoms with E-state index in [0.29, 0.717) is 18.7 Å². The van der Waals surface area contributed by atoms with Gasteiger partial charge in [0.25, 0.3) is 0 Å². The highest BCUT2D eigenvalue weighted by atomic mass is 19.1. The molecule has 4 rings (SSSR count). The van der Waals surface area contributed by atoms with E-state index in [1.54, 1.807) is 24.3 Å². The van der Waals surface area contributed by atoms with Crippen molar-refractivity contribution < 1.29 is 13.6 Å². The highest BCUT2D eigenvalue weighted by Crippen LogP contribution is 2.31. The minimum absolute atomic E-state index is 0.132. The van der Waals surface area contributed by atoms with Crippen LogP contribution in [-0.2, 0) is 24.3 Å². The lowest BCUT2D eigenvalue weighted by atomic mass is 10.0.